The Kier molecular flexibility index (Phi) is 8.21. The fourth-order valence-electron chi connectivity index (χ4n) is 4.93. The van der Waals surface area contributed by atoms with Gasteiger partial charge in [0.2, 0.25) is 0 Å². The summed E-state index contributed by atoms with van der Waals surface area (Å²) in [7, 11) is 3.95. The van der Waals surface area contributed by atoms with E-state index in [-0.39, 0.29) is 11.3 Å². The van der Waals surface area contributed by atoms with Gasteiger partial charge in [-0.15, -0.1) is 0 Å². The molecule has 2 heterocycles. The van der Waals surface area contributed by atoms with Crippen LogP contribution in [0.4, 0.5) is 5.69 Å². The van der Waals surface area contributed by atoms with Gasteiger partial charge in [-0.2, -0.15) is 0 Å². The van der Waals surface area contributed by atoms with Crippen molar-refractivity contribution in [3.63, 3.8) is 0 Å². The first kappa shape index (κ1) is 28.1. The molecule has 0 N–H and O–H groups in total. The lowest BCUT2D eigenvalue weighted by Gasteiger charge is -2.25. The van der Waals surface area contributed by atoms with Crippen LogP contribution in [0.15, 0.2) is 93.9 Å². The first-order valence-electron chi connectivity index (χ1n) is 13.5. The lowest BCUT2D eigenvalue weighted by molar-refractivity contribution is -0.114. The fraction of sp³-hybridized carbons (Fsp3) is 0.242. The van der Waals surface area contributed by atoms with Gasteiger partial charge < -0.3 is 14.4 Å². The molecule has 1 aromatic heterocycles. The maximum Gasteiger partial charge on any atom is 0.271 e. The largest absolute Gasteiger partial charge is 0.490 e. The predicted octanol–water partition coefficient (Wildman–Crippen LogP) is 4.87. The van der Waals surface area contributed by atoms with Gasteiger partial charge in [-0.25, -0.2) is 4.99 Å². The van der Waals surface area contributed by atoms with E-state index in [9.17, 15) is 9.59 Å². The Balaban J connectivity index is 1.55. The number of thiazole rings is 1. The van der Waals surface area contributed by atoms with Crippen LogP contribution in [0.3, 0.4) is 0 Å². The first-order valence-corrected chi connectivity index (χ1v) is 14.3. The molecule has 1 aliphatic heterocycles. The van der Waals surface area contributed by atoms with Crippen LogP contribution < -0.4 is 29.3 Å². The molecular formula is C33H33N3O4S. The average molecular weight is 568 g/mol. The second-order valence-corrected chi connectivity index (χ2v) is 11.0. The number of fused-ring (bicyclic) bond motifs is 1. The Morgan fingerprint density at radius 3 is 2.41 bits per heavy atom. The molecule has 0 saturated heterocycles. The van der Waals surface area contributed by atoms with E-state index >= 15 is 0 Å². The molecule has 210 valence electrons. The molecule has 0 fully saturated rings. The summed E-state index contributed by atoms with van der Waals surface area (Å²) in [6.07, 6.45) is 1.84. The minimum atomic E-state index is -0.546. The summed E-state index contributed by atoms with van der Waals surface area (Å²) in [4.78, 5) is 33.9. The standard InChI is InChI=1S/C33H33N3O4S/c1-6-39-28-18-24(12-17-27(28)40-20-23-10-8-7-9-11-23)19-29-32(38)36-31(25-13-15-26(16-14-25)35(4)5)30(22(3)37)21(2)34-33(36)41-29/h7-19,31H,6,20H2,1-5H3/b29-19+/t31-/m0/s1. The molecule has 3 aromatic carbocycles. The summed E-state index contributed by atoms with van der Waals surface area (Å²) in [5.74, 6) is 1.14. The maximum absolute atomic E-state index is 13.9. The van der Waals surface area contributed by atoms with E-state index in [1.807, 2.05) is 112 Å². The Labute approximate surface area is 243 Å². The van der Waals surface area contributed by atoms with Gasteiger partial charge in [0.25, 0.3) is 5.56 Å². The molecule has 0 aliphatic carbocycles. The second kappa shape index (κ2) is 12.0. The van der Waals surface area contributed by atoms with Crippen LogP contribution in [0, 0.1) is 0 Å². The molecule has 0 bridgehead atoms. The lowest BCUT2D eigenvalue weighted by Crippen LogP contribution is -2.39. The minimum Gasteiger partial charge on any atom is -0.490 e. The molecule has 7 nitrogen and oxygen atoms in total. The van der Waals surface area contributed by atoms with Gasteiger partial charge in [-0.1, -0.05) is 59.9 Å². The Morgan fingerprint density at radius 1 is 1.02 bits per heavy atom. The highest BCUT2D eigenvalue weighted by Gasteiger charge is 2.30. The number of anilines is 1. The molecule has 1 atom stereocenters. The third-order valence-corrected chi connectivity index (χ3v) is 7.91. The summed E-state index contributed by atoms with van der Waals surface area (Å²) in [6.45, 7) is 6.18. The fourth-order valence-corrected chi connectivity index (χ4v) is 5.98. The van der Waals surface area contributed by atoms with Crippen molar-refractivity contribution in [2.24, 2.45) is 4.99 Å². The van der Waals surface area contributed by atoms with Crippen LogP contribution in [-0.4, -0.2) is 31.1 Å². The number of aromatic nitrogens is 1. The minimum absolute atomic E-state index is 0.102. The van der Waals surface area contributed by atoms with Gasteiger partial charge in [0.05, 0.1) is 17.2 Å². The Bertz CT molecular complexity index is 1780. The molecule has 1 aliphatic rings. The number of ether oxygens (including phenoxy) is 2. The van der Waals surface area contributed by atoms with Crippen molar-refractivity contribution in [1.82, 2.24) is 4.57 Å². The number of Topliss-reactive ketones (excluding diaryl/α,β-unsaturated/α-hetero) is 1. The molecule has 5 rings (SSSR count). The maximum atomic E-state index is 13.9. The molecule has 0 radical (unpaired) electrons. The van der Waals surface area contributed by atoms with E-state index in [1.165, 1.54) is 18.3 Å². The Morgan fingerprint density at radius 2 is 1.76 bits per heavy atom. The number of carbonyl (C=O) groups excluding carboxylic acids is 1. The zero-order valence-electron chi connectivity index (χ0n) is 23.9. The number of benzene rings is 3. The molecular weight excluding hydrogens is 534 g/mol. The van der Waals surface area contributed by atoms with E-state index in [1.54, 1.807) is 4.57 Å². The van der Waals surface area contributed by atoms with Crippen molar-refractivity contribution in [2.75, 3.05) is 25.6 Å². The van der Waals surface area contributed by atoms with Crippen LogP contribution in [0.5, 0.6) is 11.5 Å². The van der Waals surface area contributed by atoms with Crippen LogP contribution in [0.2, 0.25) is 0 Å². The van der Waals surface area contributed by atoms with Gasteiger partial charge in [0.1, 0.15) is 6.61 Å². The van der Waals surface area contributed by atoms with Crippen molar-refractivity contribution in [2.45, 2.75) is 33.4 Å². The normalized spacial score (nSPS) is 14.9. The summed E-state index contributed by atoms with van der Waals surface area (Å²) < 4.78 is 14.1. The number of hydrogen-bond donors (Lipinski definition) is 0. The summed E-state index contributed by atoms with van der Waals surface area (Å²) in [5, 5.41) is 0. The van der Waals surface area contributed by atoms with Gasteiger partial charge >= 0.3 is 0 Å². The third-order valence-electron chi connectivity index (χ3n) is 6.93. The number of carbonyl (C=O) groups is 1. The van der Waals surface area contributed by atoms with Gasteiger partial charge in [0.15, 0.2) is 22.1 Å². The zero-order valence-corrected chi connectivity index (χ0v) is 24.7. The van der Waals surface area contributed by atoms with Gasteiger partial charge in [0, 0.05) is 31.1 Å². The number of nitrogens with zero attached hydrogens (tertiary/aromatic N) is 3. The average Bonchev–Trinajstić information content (AvgIpc) is 3.26. The van der Waals surface area contributed by atoms with Crippen molar-refractivity contribution in [3.8, 4) is 11.5 Å². The molecule has 0 amide bonds. The third kappa shape index (κ3) is 5.88. The van der Waals surface area contributed by atoms with E-state index in [4.69, 9.17) is 9.47 Å². The molecule has 0 spiro atoms. The molecule has 8 heteroatoms. The highest BCUT2D eigenvalue weighted by atomic mass is 32.1. The van der Waals surface area contributed by atoms with Gasteiger partial charge in [-0.3, -0.25) is 14.2 Å². The molecule has 0 unspecified atom stereocenters. The highest BCUT2D eigenvalue weighted by molar-refractivity contribution is 7.07. The number of ketones is 1. The van der Waals surface area contributed by atoms with Crippen molar-refractivity contribution in [1.29, 1.82) is 0 Å². The second-order valence-electron chi connectivity index (χ2n) is 10.0. The van der Waals surface area contributed by atoms with E-state index < -0.39 is 6.04 Å². The number of allylic oxidation sites excluding steroid dienone is 2. The number of hydrogen-bond acceptors (Lipinski definition) is 7. The van der Waals surface area contributed by atoms with Crippen molar-refractivity contribution >= 4 is 28.9 Å². The molecule has 4 aromatic rings. The molecule has 41 heavy (non-hydrogen) atoms. The summed E-state index contributed by atoms with van der Waals surface area (Å²) in [6, 6.07) is 23.0. The van der Waals surface area contributed by atoms with Crippen LogP contribution in [-0.2, 0) is 11.4 Å². The smallest absolute Gasteiger partial charge is 0.271 e. The monoisotopic (exact) mass is 567 g/mol. The zero-order chi connectivity index (χ0) is 29.1. The Hall–Kier alpha value is -4.43. The van der Waals surface area contributed by atoms with Crippen molar-refractivity contribution in [3.05, 3.63) is 120 Å². The SMILES string of the molecule is CCOc1cc(/C=c2/sc3n(c2=O)[C@@H](c2ccc(N(C)C)cc2)C(C(C)=O)=C(C)N=3)ccc1OCc1ccccc1. The van der Waals surface area contributed by atoms with Crippen LogP contribution in [0.25, 0.3) is 6.08 Å². The predicted molar refractivity (Wildman–Crippen MR) is 164 cm³/mol. The van der Waals surface area contributed by atoms with E-state index in [2.05, 4.69) is 4.99 Å². The van der Waals surface area contributed by atoms with E-state index in [0.29, 0.717) is 45.3 Å². The van der Waals surface area contributed by atoms with Crippen LogP contribution >= 0.6 is 11.3 Å². The first-order chi connectivity index (χ1) is 19.8. The highest BCUT2D eigenvalue weighted by Crippen LogP contribution is 2.32. The van der Waals surface area contributed by atoms with Crippen LogP contribution in [0.1, 0.15) is 43.5 Å². The lowest BCUT2D eigenvalue weighted by atomic mass is 9.93. The van der Waals surface area contributed by atoms with Gasteiger partial charge in [-0.05, 0) is 67.8 Å². The number of rotatable bonds is 9. The summed E-state index contributed by atoms with van der Waals surface area (Å²) >= 11 is 1.31. The molecule has 0 saturated carbocycles. The summed E-state index contributed by atoms with van der Waals surface area (Å²) in [5.41, 5.74) is 4.73. The quantitative estimate of drug-likeness (QED) is 0.289. The topological polar surface area (TPSA) is 73.1 Å². The van der Waals surface area contributed by atoms with E-state index in [0.717, 1.165) is 22.4 Å². The van der Waals surface area contributed by atoms with Crippen molar-refractivity contribution < 1.29 is 14.3 Å².